The molecule has 0 saturated carbocycles. The summed E-state index contributed by atoms with van der Waals surface area (Å²) in [7, 11) is 0. The molecule has 0 spiro atoms. The maximum atomic E-state index is 2.30. The molecule has 0 nitrogen and oxygen atoms in total. The van der Waals surface area contributed by atoms with Crippen LogP contribution in [0.2, 0.25) is 0 Å². The molecule has 3 aromatic rings. The molecule has 0 saturated heterocycles. The Kier molecular flexibility index (Phi) is 2.49. The van der Waals surface area contributed by atoms with E-state index in [0.29, 0.717) is 0 Å². The molecule has 17 heavy (non-hydrogen) atoms. The molecular formula is C16H14S. The molecule has 0 N–H and O–H groups in total. The lowest BCUT2D eigenvalue weighted by Gasteiger charge is -2.03. The van der Waals surface area contributed by atoms with Crippen LogP contribution in [-0.4, -0.2) is 0 Å². The molecule has 84 valence electrons. The van der Waals surface area contributed by atoms with E-state index >= 15 is 0 Å². The van der Waals surface area contributed by atoms with Crippen molar-refractivity contribution in [3.05, 3.63) is 59.0 Å². The maximum Gasteiger partial charge on any atom is 0.0345 e. The van der Waals surface area contributed by atoms with Crippen LogP contribution >= 0.6 is 11.3 Å². The van der Waals surface area contributed by atoms with Gasteiger partial charge < -0.3 is 0 Å². The van der Waals surface area contributed by atoms with Crippen molar-refractivity contribution in [2.45, 2.75) is 13.8 Å². The normalized spacial score (nSPS) is 10.9. The van der Waals surface area contributed by atoms with Crippen molar-refractivity contribution in [2.75, 3.05) is 0 Å². The first-order valence-electron chi connectivity index (χ1n) is 5.79. The van der Waals surface area contributed by atoms with Crippen LogP contribution in [0.3, 0.4) is 0 Å². The highest BCUT2D eigenvalue weighted by Crippen LogP contribution is 2.30. The zero-order chi connectivity index (χ0) is 11.8. The molecule has 0 bridgehead atoms. The van der Waals surface area contributed by atoms with Crippen LogP contribution in [0.25, 0.3) is 21.2 Å². The predicted octanol–water partition coefficient (Wildman–Crippen LogP) is 5.19. The second-order valence-electron chi connectivity index (χ2n) is 4.50. The Balaban J connectivity index is 2.17. The minimum Gasteiger partial charge on any atom is -0.144 e. The predicted molar refractivity (Wildman–Crippen MR) is 76.7 cm³/mol. The minimum absolute atomic E-state index is 1.29. The molecule has 1 heteroatoms. The van der Waals surface area contributed by atoms with Crippen LogP contribution < -0.4 is 0 Å². The Labute approximate surface area is 106 Å². The molecule has 0 aliphatic rings. The number of rotatable bonds is 1. The van der Waals surface area contributed by atoms with E-state index in [1.165, 1.54) is 32.3 Å². The molecule has 0 amide bonds. The first kappa shape index (κ1) is 10.5. The fraction of sp³-hybridized carbons (Fsp3) is 0.125. The van der Waals surface area contributed by atoms with E-state index in [1.54, 1.807) is 0 Å². The summed E-state index contributed by atoms with van der Waals surface area (Å²) in [6.07, 6.45) is 0. The highest BCUT2D eigenvalue weighted by molar-refractivity contribution is 7.17. The summed E-state index contributed by atoms with van der Waals surface area (Å²) < 4.78 is 1.37. The van der Waals surface area contributed by atoms with Gasteiger partial charge in [-0.25, -0.2) is 0 Å². The molecule has 0 fully saturated rings. The van der Waals surface area contributed by atoms with Gasteiger partial charge in [0, 0.05) is 4.70 Å². The second-order valence-corrected chi connectivity index (χ2v) is 5.41. The van der Waals surface area contributed by atoms with Crippen LogP contribution in [0.1, 0.15) is 11.1 Å². The van der Waals surface area contributed by atoms with Gasteiger partial charge in [0.05, 0.1) is 0 Å². The summed E-state index contributed by atoms with van der Waals surface area (Å²) in [6.45, 7) is 4.30. The van der Waals surface area contributed by atoms with Crippen molar-refractivity contribution >= 4 is 21.4 Å². The van der Waals surface area contributed by atoms with Gasteiger partial charge >= 0.3 is 0 Å². The summed E-state index contributed by atoms with van der Waals surface area (Å²) in [5.74, 6) is 0. The molecule has 3 rings (SSSR count). The minimum atomic E-state index is 1.29. The summed E-state index contributed by atoms with van der Waals surface area (Å²) >= 11 is 1.82. The number of aryl methyl sites for hydroxylation is 2. The first-order chi connectivity index (χ1) is 8.24. The van der Waals surface area contributed by atoms with Gasteiger partial charge in [0.1, 0.15) is 0 Å². The molecule has 2 aromatic carbocycles. The van der Waals surface area contributed by atoms with Crippen LogP contribution in [0, 0.1) is 13.8 Å². The Hall–Kier alpha value is -1.60. The van der Waals surface area contributed by atoms with E-state index in [2.05, 4.69) is 61.7 Å². The summed E-state index contributed by atoms with van der Waals surface area (Å²) in [5, 5.41) is 3.61. The topological polar surface area (TPSA) is 0 Å². The fourth-order valence-corrected chi connectivity index (χ4v) is 3.01. The molecule has 1 aromatic heterocycles. The van der Waals surface area contributed by atoms with Gasteiger partial charge in [-0.15, -0.1) is 11.3 Å². The maximum absolute atomic E-state index is 2.30. The van der Waals surface area contributed by atoms with E-state index in [1.807, 2.05) is 11.3 Å². The highest BCUT2D eigenvalue weighted by Gasteiger charge is 2.03. The highest BCUT2D eigenvalue weighted by atomic mass is 32.1. The summed E-state index contributed by atoms with van der Waals surface area (Å²) in [6, 6.07) is 15.5. The Morgan fingerprint density at radius 2 is 1.53 bits per heavy atom. The first-order valence-corrected chi connectivity index (χ1v) is 6.67. The number of benzene rings is 2. The van der Waals surface area contributed by atoms with E-state index in [4.69, 9.17) is 0 Å². The SMILES string of the molecule is Cc1ccc(-c2ccc3scc(C)c3c2)cc1. The average Bonchev–Trinajstić information content (AvgIpc) is 2.72. The Morgan fingerprint density at radius 3 is 2.29 bits per heavy atom. The third-order valence-electron chi connectivity index (χ3n) is 3.15. The van der Waals surface area contributed by atoms with Gasteiger partial charge in [0.15, 0.2) is 0 Å². The lowest BCUT2D eigenvalue weighted by Crippen LogP contribution is -1.78. The molecule has 1 heterocycles. The van der Waals surface area contributed by atoms with E-state index < -0.39 is 0 Å². The lowest BCUT2D eigenvalue weighted by atomic mass is 10.0. The van der Waals surface area contributed by atoms with Gasteiger partial charge in [0.2, 0.25) is 0 Å². The number of thiophene rings is 1. The van der Waals surface area contributed by atoms with Crippen molar-refractivity contribution in [3.63, 3.8) is 0 Å². The monoisotopic (exact) mass is 238 g/mol. The van der Waals surface area contributed by atoms with Crippen LogP contribution in [0.5, 0.6) is 0 Å². The number of hydrogen-bond donors (Lipinski definition) is 0. The molecule has 0 aliphatic carbocycles. The molecule has 0 radical (unpaired) electrons. The summed E-state index contributed by atoms with van der Waals surface area (Å²) in [5.41, 5.74) is 5.28. The Morgan fingerprint density at radius 1 is 0.824 bits per heavy atom. The third kappa shape index (κ3) is 1.87. The van der Waals surface area contributed by atoms with Crippen LogP contribution in [0.15, 0.2) is 47.8 Å². The zero-order valence-electron chi connectivity index (χ0n) is 10.0. The van der Waals surface area contributed by atoms with Crippen molar-refractivity contribution in [1.82, 2.24) is 0 Å². The quantitative estimate of drug-likeness (QED) is 0.547. The third-order valence-corrected chi connectivity index (χ3v) is 4.23. The van der Waals surface area contributed by atoms with E-state index in [9.17, 15) is 0 Å². The molecule has 0 unspecified atom stereocenters. The zero-order valence-corrected chi connectivity index (χ0v) is 10.8. The average molecular weight is 238 g/mol. The van der Waals surface area contributed by atoms with Gasteiger partial charge in [-0.1, -0.05) is 35.9 Å². The fourth-order valence-electron chi connectivity index (χ4n) is 2.08. The van der Waals surface area contributed by atoms with Gasteiger partial charge in [-0.3, -0.25) is 0 Å². The van der Waals surface area contributed by atoms with Crippen LogP contribution in [0.4, 0.5) is 0 Å². The van der Waals surface area contributed by atoms with E-state index in [-0.39, 0.29) is 0 Å². The van der Waals surface area contributed by atoms with Crippen molar-refractivity contribution in [1.29, 1.82) is 0 Å². The standard InChI is InChI=1S/C16H14S/c1-11-3-5-13(6-4-11)14-7-8-16-15(9-14)12(2)10-17-16/h3-10H,1-2H3. The Bertz CT molecular complexity index is 660. The summed E-state index contributed by atoms with van der Waals surface area (Å²) in [4.78, 5) is 0. The largest absolute Gasteiger partial charge is 0.144 e. The molecule has 0 aliphatic heterocycles. The van der Waals surface area contributed by atoms with Crippen molar-refractivity contribution in [3.8, 4) is 11.1 Å². The van der Waals surface area contributed by atoms with Gasteiger partial charge in [-0.2, -0.15) is 0 Å². The van der Waals surface area contributed by atoms with Gasteiger partial charge in [-0.05, 0) is 53.4 Å². The smallest absolute Gasteiger partial charge is 0.0345 e. The number of hydrogen-bond acceptors (Lipinski definition) is 1. The van der Waals surface area contributed by atoms with E-state index in [0.717, 1.165) is 0 Å². The molecule has 0 atom stereocenters. The van der Waals surface area contributed by atoms with Crippen molar-refractivity contribution in [2.24, 2.45) is 0 Å². The van der Waals surface area contributed by atoms with Crippen LogP contribution in [-0.2, 0) is 0 Å². The lowest BCUT2D eigenvalue weighted by molar-refractivity contribution is 1.47. The number of fused-ring (bicyclic) bond motifs is 1. The second kappa shape index (κ2) is 4.01. The van der Waals surface area contributed by atoms with Gasteiger partial charge in [0.25, 0.3) is 0 Å². The van der Waals surface area contributed by atoms with Crippen molar-refractivity contribution < 1.29 is 0 Å². The molecular weight excluding hydrogens is 224 g/mol.